The molecule has 0 aromatic heterocycles. The highest BCUT2D eigenvalue weighted by Gasteiger charge is 2.28. The first kappa shape index (κ1) is 16.7. The number of likely N-dealkylation sites (tertiary alicyclic amines) is 1. The van der Waals surface area contributed by atoms with Crippen LogP contribution < -0.4 is 10.6 Å². The molecule has 4 amide bonds. The Morgan fingerprint density at radius 1 is 1.23 bits per heavy atom. The van der Waals surface area contributed by atoms with Gasteiger partial charge in [0.2, 0.25) is 11.8 Å². The van der Waals surface area contributed by atoms with Crippen molar-refractivity contribution in [3.63, 3.8) is 0 Å². The van der Waals surface area contributed by atoms with E-state index in [-0.39, 0.29) is 37.1 Å². The molecule has 1 atom stereocenters. The van der Waals surface area contributed by atoms with Gasteiger partial charge in [0, 0.05) is 32.5 Å². The molecule has 2 N–H and O–H groups in total. The molecule has 0 spiro atoms. The molecule has 2 saturated heterocycles. The van der Waals surface area contributed by atoms with Crippen LogP contribution in [0.1, 0.15) is 25.7 Å². The molecule has 0 bridgehead atoms. The Hall–Kier alpha value is -1.67. The quantitative estimate of drug-likeness (QED) is 0.471. The maximum Gasteiger partial charge on any atom is 0.314 e. The highest BCUT2D eigenvalue weighted by molar-refractivity contribution is 6.01. The second-order valence-electron chi connectivity index (χ2n) is 5.32. The molecule has 0 aliphatic carbocycles. The van der Waals surface area contributed by atoms with Crippen LogP contribution in [0.15, 0.2) is 0 Å². The van der Waals surface area contributed by atoms with E-state index < -0.39 is 0 Å². The van der Waals surface area contributed by atoms with Gasteiger partial charge in [-0.25, -0.2) is 4.79 Å². The summed E-state index contributed by atoms with van der Waals surface area (Å²) >= 11 is 0. The smallest absolute Gasteiger partial charge is 0.314 e. The fraction of sp³-hybridized carbons (Fsp3) is 0.786. The summed E-state index contributed by atoms with van der Waals surface area (Å²) in [7, 11) is 0. The van der Waals surface area contributed by atoms with Gasteiger partial charge in [-0.05, 0) is 12.8 Å². The fourth-order valence-electron chi connectivity index (χ4n) is 2.44. The minimum Gasteiger partial charge on any atom is -0.378 e. The lowest BCUT2D eigenvalue weighted by molar-refractivity contribution is -0.139. The van der Waals surface area contributed by atoms with Gasteiger partial charge in [0.1, 0.15) is 0 Å². The average Bonchev–Trinajstić information content (AvgIpc) is 3.12. The monoisotopic (exact) mass is 313 g/mol. The first-order valence-corrected chi connectivity index (χ1v) is 7.71. The first-order valence-electron chi connectivity index (χ1n) is 7.71. The van der Waals surface area contributed by atoms with Crippen LogP contribution in [0, 0.1) is 0 Å². The number of nitrogens with zero attached hydrogens (tertiary/aromatic N) is 1. The number of nitrogens with one attached hydrogen (secondary N) is 2. The molecule has 2 aliphatic rings. The van der Waals surface area contributed by atoms with Gasteiger partial charge in [-0.3, -0.25) is 14.5 Å². The molecule has 0 radical (unpaired) electrons. The number of hydrogen-bond acceptors (Lipinski definition) is 5. The largest absolute Gasteiger partial charge is 0.378 e. The minimum absolute atomic E-state index is 0.123. The van der Waals surface area contributed by atoms with Crippen LogP contribution in [0.4, 0.5) is 4.79 Å². The van der Waals surface area contributed by atoms with Gasteiger partial charge in [-0.1, -0.05) is 0 Å². The minimum atomic E-state index is -0.246. The summed E-state index contributed by atoms with van der Waals surface area (Å²) in [6.45, 7) is 2.57. The van der Waals surface area contributed by atoms with Gasteiger partial charge in [0.25, 0.3) is 0 Å². The Bertz CT molecular complexity index is 393. The van der Waals surface area contributed by atoms with E-state index in [1.54, 1.807) is 0 Å². The third-order valence-corrected chi connectivity index (χ3v) is 3.66. The molecular formula is C14H23N3O5. The lowest BCUT2D eigenvalue weighted by Crippen LogP contribution is -2.41. The predicted molar refractivity (Wildman–Crippen MR) is 77.1 cm³/mol. The summed E-state index contributed by atoms with van der Waals surface area (Å²) in [5, 5.41) is 5.42. The van der Waals surface area contributed by atoms with Crippen molar-refractivity contribution in [2.24, 2.45) is 0 Å². The van der Waals surface area contributed by atoms with Crippen LogP contribution in [-0.2, 0) is 19.1 Å². The zero-order valence-electron chi connectivity index (χ0n) is 12.6. The van der Waals surface area contributed by atoms with Gasteiger partial charge >= 0.3 is 6.03 Å². The van der Waals surface area contributed by atoms with E-state index in [4.69, 9.17) is 9.47 Å². The standard InChI is InChI=1S/C14H23N3O5/c18-12-3-4-13(19)17(12)6-9-21-8-5-15-14(20)16-10-11-2-1-7-22-11/h11H,1-10H2,(H2,15,16,20). The lowest BCUT2D eigenvalue weighted by Gasteiger charge is -2.14. The number of amides is 4. The molecule has 2 rings (SSSR count). The summed E-state index contributed by atoms with van der Waals surface area (Å²) in [5.74, 6) is -0.277. The van der Waals surface area contributed by atoms with Crippen LogP contribution in [0.25, 0.3) is 0 Å². The van der Waals surface area contributed by atoms with Gasteiger partial charge in [-0.2, -0.15) is 0 Å². The molecule has 8 heteroatoms. The molecule has 1 unspecified atom stereocenters. The lowest BCUT2D eigenvalue weighted by atomic mass is 10.2. The van der Waals surface area contributed by atoms with Gasteiger partial charge in [-0.15, -0.1) is 0 Å². The van der Waals surface area contributed by atoms with Crippen LogP contribution in [0.3, 0.4) is 0 Å². The zero-order chi connectivity index (χ0) is 15.8. The van der Waals surface area contributed by atoms with Crippen molar-refractivity contribution >= 4 is 17.8 Å². The van der Waals surface area contributed by atoms with E-state index >= 15 is 0 Å². The molecule has 22 heavy (non-hydrogen) atoms. The van der Waals surface area contributed by atoms with E-state index in [1.807, 2.05) is 0 Å². The third kappa shape index (κ3) is 5.27. The molecule has 0 aromatic rings. The van der Waals surface area contributed by atoms with E-state index in [0.717, 1.165) is 19.4 Å². The molecule has 2 aliphatic heterocycles. The van der Waals surface area contributed by atoms with E-state index in [9.17, 15) is 14.4 Å². The molecule has 2 fully saturated rings. The fourth-order valence-corrected chi connectivity index (χ4v) is 2.44. The second-order valence-corrected chi connectivity index (χ2v) is 5.32. The summed E-state index contributed by atoms with van der Waals surface area (Å²) in [6.07, 6.45) is 2.75. The maximum atomic E-state index is 11.5. The SMILES string of the molecule is O=C(NCCOCCN1C(=O)CCC1=O)NCC1CCCO1. The number of carbonyl (C=O) groups excluding carboxylic acids is 3. The van der Waals surface area contributed by atoms with E-state index in [0.29, 0.717) is 32.5 Å². The number of ether oxygens (including phenoxy) is 2. The summed E-state index contributed by atoms with van der Waals surface area (Å²) in [5.41, 5.74) is 0. The Morgan fingerprint density at radius 3 is 2.68 bits per heavy atom. The maximum absolute atomic E-state index is 11.5. The van der Waals surface area contributed by atoms with Crippen molar-refractivity contribution in [3.8, 4) is 0 Å². The topological polar surface area (TPSA) is 97.0 Å². The van der Waals surface area contributed by atoms with Crippen LogP contribution in [0.2, 0.25) is 0 Å². The molecule has 0 saturated carbocycles. The third-order valence-electron chi connectivity index (χ3n) is 3.66. The highest BCUT2D eigenvalue weighted by atomic mass is 16.5. The van der Waals surface area contributed by atoms with Gasteiger partial charge in [0.15, 0.2) is 0 Å². The van der Waals surface area contributed by atoms with Crippen molar-refractivity contribution in [3.05, 3.63) is 0 Å². The van der Waals surface area contributed by atoms with Crippen LogP contribution in [0.5, 0.6) is 0 Å². The second kappa shape index (κ2) is 8.70. The Kier molecular flexibility index (Phi) is 6.60. The number of hydrogen-bond donors (Lipinski definition) is 2. The predicted octanol–water partition coefficient (Wildman–Crippen LogP) is -0.370. The summed E-state index contributed by atoms with van der Waals surface area (Å²) < 4.78 is 10.7. The number of carbonyl (C=O) groups is 3. The van der Waals surface area contributed by atoms with Crippen molar-refractivity contribution in [1.82, 2.24) is 15.5 Å². The van der Waals surface area contributed by atoms with Crippen molar-refractivity contribution < 1.29 is 23.9 Å². The Labute approximate surface area is 129 Å². The van der Waals surface area contributed by atoms with Crippen LogP contribution in [-0.4, -0.2) is 68.3 Å². The van der Waals surface area contributed by atoms with E-state index in [2.05, 4.69) is 10.6 Å². The highest BCUT2D eigenvalue weighted by Crippen LogP contribution is 2.11. The molecule has 2 heterocycles. The molecule has 124 valence electrons. The first-order chi connectivity index (χ1) is 10.7. The Morgan fingerprint density at radius 2 is 2.00 bits per heavy atom. The van der Waals surface area contributed by atoms with Crippen LogP contribution >= 0.6 is 0 Å². The summed E-state index contributed by atoms with van der Waals surface area (Å²) in [6, 6.07) is -0.246. The molecule has 8 nitrogen and oxygen atoms in total. The molecular weight excluding hydrogens is 290 g/mol. The number of imide groups is 1. The normalized spacial score (nSPS) is 21.5. The summed E-state index contributed by atoms with van der Waals surface area (Å²) in [4.78, 5) is 35.4. The van der Waals surface area contributed by atoms with Crippen molar-refractivity contribution in [2.45, 2.75) is 31.8 Å². The zero-order valence-corrected chi connectivity index (χ0v) is 12.6. The van der Waals surface area contributed by atoms with Gasteiger partial charge in [0.05, 0.1) is 25.9 Å². The van der Waals surface area contributed by atoms with Crippen molar-refractivity contribution in [2.75, 3.05) is 39.5 Å². The number of rotatable bonds is 8. The number of urea groups is 1. The van der Waals surface area contributed by atoms with E-state index in [1.165, 1.54) is 4.90 Å². The van der Waals surface area contributed by atoms with Gasteiger partial charge < -0.3 is 20.1 Å². The average molecular weight is 313 g/mol. The van der Waals surface area contributed by atoms with Crippen molar-refractivity contribution in [1.29, 1.82) is 0 Å². The molecule has 0 aromatic carbocycles. The Balaban J connectivity index is 1.44.